The number of anilines is 1. The van der Waals surface area contributed by atoms with Gasteiger partial charge in [-0.25, -0.2) is 15.8 Å². The highest BCUT2D eigenvalue weighted by molar-refractivity contribution is 5.93. The van der Waals surface area contributed by atoms with Crippen LogP contribution in [0, 0.1) is 17.2 Å². The van der Waals surface area contributed by atoms with Crippen LogP contribution in [0.1, 0.15) is 30.4 Å². The Balaban J connectivity index is 1.77. The summed E-state index contributed by atoms with van der Waals surface area (Å²) in [6, 6.07) is 13.3. The van der Waals surface area contributed by atoms with Crippen molar-refractivity contribution in [2.24, 2.45) is 11.8 Å². The molecule has 1 aromatic heterocycles. The summed E-state index contributed by atoms with van der Waals surface area (Å²) in [6.45, 7) is 0.319. The Hall–Kier alpha value is -2.91. The Morgan fingerprint density at radius 3 is 2.75 bits per heavy atom. The van der Waals surface area contributed by atoms with Crippen LogP contribution in [0.5, 0.6) is 5.75 Å². The quantitative estimate of drug-likeness (QED) is 0.501. The van der Waals surface area contributed by atoms with Crippen molar-refractivity contribution in [3.05, 3.63) is 53.7 Å². The van der Waals surface area contributed by atoms with Crippen LogP contribution in [0.4, 0.5) is 5.82 Å². The van der Waals surface area contributed by atoms with Crippen LogP contribution in [0.15, 0.2) is 42.6 Å². The molecule has 0 aliphatic heterocycles. The van der Waals surface area contributed by atoms with Crippen molar-refractivity contribution in [2.75, 3.05) is 5.01 Å². The molecule has 0 unspecified atom stereocenters. The van der Waals surface area contributed by atoms with E-state index in [1.165, 1.54) is 6.20 Å². The molecule has 2 N–H and O–H groups in total. The first-order chi connectivity index (χ1) is 11.7. The van der Waals surface area contributed by atoms with E-state index in [0.29, 0.717) is 24.7 Å². The lowest BCUT2D eigenvalue weighted by Crippen LogP contribution is -2.38. The van der Waals surface area contributed by atoms with E-state index in [9.17, 15) is 10.1 Å². The topological polar surface area (TPSA) is 92.2 Å². The average Bonchev–Trinajstić information content (AvgIpc) is 3.43. The second-order valence-electron chi connectivity index (χ2n) is 5.81. The standard InChI is InChI=1S/C18H18N4O2/c19-11-15-16(24-12-14-4-2-1-3-5-14)8-9-21-18(15)22(20)17(23)10-13-6-7-13/h1-5,8-9,13H,6-7,10,12,20H2. The molecule has 0 saturated heterocycles. The van der Waals surface area contributed by atoms with E-state index in [1.807, 2.05) is 36.4 Å². The average molecular weight is 322 g/mol. The van der Waals surface area contributed by atoms with E-state index in [1.54, 1.807) is 6.07 Å². The molecule has 1 heterocycles. The van der Waals surface area contributed by atoms with Gasteiger partial charge in [0, 0.05) is 18.7 Å². The van der Waals surface area contributed by atoms with Gasteiger partial charge in [-0.3, -0.25) is 4.79 Å². The van der Waals surface area contributed by atoms with Crippen LogP contribution in [0.3, 0.4) is 0 Å². The van der Waals surface area contributed by atoms with Crippen molar-refractivity contribution in [1.29, 1.82) is 5.26 Å². The number of nitrogens with zero attached hydrogens (tertiary/aromatic N) is 3. The van der Waals surface area contributed by atoms with Crippen molar-refractivity contribution in [1.82, 2.24) is 4.98 Å². The van der Waals surface area contributed by atoms with Gasteiger partial charge in [0.15, 0.2) is 5.82 Å². The summed E-state index contributed by atoms with van der Waals surface area (Å²) < 4.78 is 5.72. The van der Waals surface area contributed by atoms with Gasteiger partial charge < -0.3 is 4.74 Å². The van der Waals surface area contributed by atoms with Gasteiger partial charge in [-0.15, -0.1) is 0 Å². The van der Waals surface area contributed by atoms with E-state index in [0.717, 1.165) is 23.4 Å². The van der Waals surface area contributed by atoms with Gasteiger partial charge in [-0.1, -0.05) is 30.3 Å². The summed E-state index contributed by atoms with van der Waals surface area (Å²) in [6.07, 6.45) is 3.98. The maximum atomic E-state index is 12.2. The SMILES string of the molecule is N#Cc1c(OCc2ccccc2)ccnc1N(N)C(=O)CC1CC1. The lowest BCUT2D eigenvalue weighted by molar-refractivity contribution is -0.119. The number of hydrazine groups is 1. The summed E-state index contributed by atoms with van der Waals surface area (Å²) >= 11 is 0. The number of nitrogens with two attached hydrogens (primary N) is 1. The zero-order chi connectivity index (χ0) is 16.9. The van der Waals surface area contributed by atoms with Crippen molar-refractivity contribution < 1.29 is 9.53 Å². The van der Waals surface area contributed by atoms with Crippen LogP contribution in [-0.2, 0) is 11.4 Å². The molecule has 1 aromatic carbocycles. The van der Waals surface area contributed by atoms with Crippen molar-refractivity contribution in [3.63, 3.8) is 0 Å². The number of hydrogen-bond acceptors (Lipinski definition) is 5. The molecule has 6 nitrogen and oxygen atoms in total. The molecule has 1 fully saturated rings. The Labute approximate surface area is 140 Å². The van der Waals surface area contributed by atoms with Gasteiger partial charge >= 0.3 is 0 Å². The molecule has 0 radical (unpaired) electrons. The number of benzene rings is 1. The van der Waals surface area contributed by atoms with E-state index in [4.69, 9.17) is 10.6 Å². The first-order valence-electron chi connectivity index (χ1n) is 7.82. The fraction of sp³-hybridized carbons (Fsp3) is 0.278. The number of pyridine rings is 1. The summed E-state index contributed by atoms with van der Waals surface area (Å²) in [5.41, 5.74) is 1.15. The zero-order valence-electron chi connectivity index (χ0n) is 13.2. The van der Waals surface area contributed by atoms with E-state index < -0.39 is 0 Å². The predicted molar refractivity (Wildman–Crippen MR) is 88.7 cm³/mol. The van der Waals surface area contributed by atoms with Gasteiger partial charge in [0.25, 0.3) is 0 Å². The minimum atomic E-state index is -0.235. The van der Waals surface area contributed by atoms with Gasteiger partial charge in [-0.2, -0.15) is 5.26 Å². The fourth-order valence-electron chi connectivity index (χ4n) is 2.36. The summed E-state index contributed by atoms with van der Waals surface area (Å²) in [5.74, 6) is 6.55. The monoisotopic (exact) mass is 322 g/mol. The molecule has 2 aromatic rings. The lowest BCUT2D eigenvalue weighted by Gasteiger charge is -2.18. The van der Waals surface area contributed by atoms with Gasteiger partial charge in [-0.05, 0) is 24.3 Å². The Bertz CT molecular complexity index is 766. The maximum absolute atomic E-state index is 12.2. The van der Waals surface area contributed by atoms with Gasteiger partial charge in [0.05, 0.1) is 0 Å². The first kappa shape index (κ1) is 16.0. The number of amides is 1. The molecule has 0 atom stereocenters. The van der Waals surface area contributed by atoms with Crippen molar-refractivity contribution >= 4 is 11.7 Å². The normalized spacial score (nSPS) is 13.2. The second kappa shape index (κ2) is 7.11. The van der Waals surface area contributed by atoms with E-state index in [-0.39, 0.29) is 17.3 Å². The van der Waals surface area contributed by atoms with Crippen molar-refractivity contribution in [3.8, 4) is 11.8 Å². The minimum Gasteiger partial charge on any atom is -0.487 e. The number of rotatable bonds is 6. The predicted octanol–water partition coefficient (Wildman–Crippen LogP) is 2.54. The molecule has 0 spiro atoms. The van der Waals surface area contributed by atoms with Crippen LogP contribution < -0.4 is 15.6 Å². The smallest absolute Gasteiger partial charge is 0.242 e. The highest BCUT2D eigenvalue weighted by Crippen LogP contribution is 2.33. The second-order valence-corrected chi connectivity index (χ2v) is 5.81. The third-order valence-electron chi connectivity index (χ3n) is 3.90. The molecular formula is C18H18N4O2. The third-order valence-corrected chi connectivity index (χ3v) is 3.90. The van der Waals surface area contributed by atoms with Gasteiger partial charge in [0.1, 0.15) is 24.0 Å². The van der Waals surface area contributed by atoms with E-state index >= 15 is 0 Å². The number of carbonyl (C=O) groups excluding carboxylic acids is 1. The molecule has 1 aliphatic rings. The van der Waals surface area contributed by atoms with Crippen LogP contribution in [-0.4, -0.2) is 10.9 Å². The number of hydrogen-bond donors (Lipinski definition) is 1. The lowest BCUT2D eigenvalue weighted by atomic mass is 10.2. The molecule has 24 heavy (non-hydrogen) atoms. The highest BCUT2D eigenvalue weighted by atomic mass is 16.5. The molecule has 3 rings (SSSR count). The summed E-state index contributed by atoms with van der Waals surface area (Å²) in [7, 11) is 0. The molecule has 1 saturated carbocycles. The first-order valence-corrected chi connectivity index (χ1v) is 7.82. The molecule has 122 valence electrons. The molecule has 0 bridgehead atoms. The molecule has 1 amide bonds. The number of carbonyl (C=O) groups is 1. The van der Waals surface area contributed by atoms with Crippen LogP contribution in [0.2, 0.25) is 0 Å². The molecule has 1 aliphatic carbocycles. The number of nitriles is 1. The maximum Gasteiger partial charge on any atom is 0.242 e. The van der Waals surface area contributed by atoms with Crippen LogP contribution in [0.25, 0.3) is 0 Å². The zero-order valence-corrected chi connectivity index (χ0v) is 13.2. The minimum absolute atomic E-state index is 0.133. The Morgan fingerprint density at radius 1 is 1.33 bits per heavy atom. The Morgan fingerprint density at radius 2 is 2.08 bits per heavy atom. The highest BCUT2D eigenvalue weighted by Gasteiger charge is 2.28. The third kappa shape index (κ3) is 3.70. The van der Waals surface area contributed by atoms with E-state index in [2.05, 4.69) is 4.98 Å². The van der Waals surface area contributed by atoms with Crippen LogP contribution >= 0.6 is 0 Å². The fourth-order valence-corrected chi connectivity index (χ4v) is 2.36. The molecular weight excluding hydrogens is 304 g/mol. The Kier molecular flexibility index (Phi) is 4.73. The number of ether oxygens (including phenoxy) is 1. The summed E-state index contributed by atoms with van der Waals surface area (Å²) in [5, 5.41) is 10.4. The molecule has 6 heteroatoms. The number of aromatic nitrogens is 1. The van der Waals surface area contributed by atoms with Crippen molar-refractivity contribution in [2.45, 2.75) is 25.9 Å². The largest absolute Gasteiger partial charge is 0.487 e. The summed E-state index contributed by atoms with van der Waals surface area (Å²) in [4.78, 5) is 16.3. The van der Waals surface area contributed by atoms with Gasteiger partial charge in [0.2, 0.25) is 5.91 Å².